The van der Waals surface area contributed by atoms with E-state index in [-0.39, 0.29) is 12.5 Å². The lowest BCUT2D eigenvalue weighted by Crippen LogP contribution is -2.24. The molecule has 0 atom stereocenters. The minimum absolute atomic E-state index is 0.114. The first-order chi connectivity index (χ1) is 14.8. The minimum Gasteiger partial charge on any atom is -0.484 e. The second kappa shape index (κ2) is 9.38. The fraction of sp³-hybridized carbons (Fsp3) is 0.0870. The minimum atomic E-state index is -0.344. The molecule has 0 fully saturated rings. The van der Waals surface area contributed by atoms with Gasteiger partial charge in [-0.3, -0.25) is 4.79 Å². The molecule has 0 aliphatic rings. The van der Waals surface area contributed by atoms with Crippen LogP contribution in [0.25, 0.3) is 10.9 Å². The lowest BCUT2D eigenvalue weighted by Gasteiger charge is -2.05. The van der Waals surface area contributed by atoms with Crippen molar-refractivity contribution < 1.29 is 14.3 Å². The molecule has 4 aromatic rings. The van der Waals surface area contributed by atoms with Crippen LogP contribution in [0.4, 0.5) is 0 Å². The molecule has 30 heavy (non-hydrogen) atoms. The molecule has 0 saturated carbocycles. The Labute approximate surface area is 173 Å². The summed E-state index contributed by atoms with van der Waals surface area (Å²) in [6.45, 7) is 0.321. The molecule has 2 aromatic heterocycles. The van der Waals surface area contributed by atoms with E-state index in [9.17, 15) is 4.79 Å². The maximum Gasteiger partial charge on any atom is 0.277 e. The average molecular weight is 400 g/mol. The number of para-hydroxylation sites is 1. The van der Waals surface area contributed by atoms with Crippen molar-refractivity contribution in [3.8, 4) is 11.6 Å². The molecular weight excluding hydrogens is 380 g/mol. The van der Waals surface area contributed by atoms with Crippen LogP contribution in [0.15, 0.2) is 84.2 Å². The van der Waals surface area contributed by atoms with Gasteiger partial charge in [0.1, 0.15) is 12.4 Å². The fourth-order valence-electron chi connectivity index (χ4n) is 2.81. The predicted molar refractivity (Wildman–Crippen MR) is 115 cm³/mol. The van der Waals surface area contributed by atoms with Crippen LogP contribution in [0.3, 0.4) is 0 Å². The number of hydrazone groups is 1. The van der Waals surface area contributed by atoms with Gasteiger partial charge in [0.25, 0.3) is 5.91 Å². The van der Waals surface area contributed by atoms with Crippen molar-refractivity contribution in [2.24, 2.45) is 5.10 Å². The third-order valence-electron chi connectivity index (χ3n) is 4.31. The number of fused-ring (bicyclic) bond motifs is 1. The van der Waals surface area contributed by atoms with Crippen molar-refractivity contribution >= 4 is 23.0 Å². The molecule has 0 radical (unpaired) electrons. The van der Waals surface area contributed by atoms with Gasteiger partial charge in [-0.25, -0.2) is 10.4 Å². The summed E-state index contributed by atoms with van der Waals surface area (Å²) in [6.07, 6.45) is 5.07. The van der Waals surface area contributed by atoms with Gasteiger partial charge in [-0.05, 0) is 17.7 Å². The number of amides is 1. The Morgan fingerprint density at radius 2 is 1.83 bits per heavy atom. The Morgan fingerprint density at radius 1 is 1.07 bits per heavy atom. The summed E-state index contributed by atoms with van der Waals surface area (Å²) in [6, 6.07) is 20.9. The van der Waals surface area contributed by atoms with E-state index >= 15 is 0 Å². The van der Waals surface area contributed by atoms with Crippen molar-refractivity contribution in [1.29, 1.82) is 0 Å². The van der Waals surface area contributed by atoms with Gasteiger partial charge in [0.2, 0.25) is 5.88 Å². The fourth-order valence-corrected chi connectivity index (χ4v) is 2.81. The molecule has 0 spiro atoms. The zero-order valence-corrected chi connectivity index (χ0v) is 16.1. The largest absolute Gasteiger partial charge is 0.484 e. The van der Waals surface area contributed by atoms with Gasteiger partial charge in [0, 0.05) is 23.2 Å². The van der Waals surface area contributed by atoms with E-state index < -0.39 is 0 Å². The van der Waals surface area contributed by atoms with Crippen molar-refractivity contribution in [1.82, 2.24) is 15.4 Å². The Bertz CT molecular complexity index is 1140. The lowest BCUT2D eigenvalue weighted by molar-refractivity contribution is -0.123. The standard InChI is InChI=1S/C23H20N4O3/c28-22(16-29-19-9-5-2-6-10-19)27-26-13-18-12-24-21-14-25-23(11-20(18)21)30-15-17-7-3-1-4-8-17/h1-14,24H,15-16H2,(H,27,28). The third-order valence-corrected chi connectivity index (χ3v) is 4.31. The summed E-state index contributed by atoms with van der Waals surface area (Å²) in [7, 11) is 0. The van der Waals surface area contributed by atoms with E-state index in [4.69, 9.17) is 9.47 Å². The number of rotatable bonds is 8. The zero-order valence-electron chi connectivity index (χ0n) is 16.1. The number of aromatic amines is 1. The summed E-state index contributed by atoms with van der Waals surface area (Å²) >= 11 is 0. The number of nitrogens with zero attached hydrogens (tertiary/aromatic N) is 2. The van der Waals surface area contributed by atoms with Gasteiger partial charge in [0.15, 0.2) is 6.61 Å². The predicted octanol–water partition coefficient (Wildman–Crippen LogP) is 3.67. The molecule has 0 aliphatic heterocycles. The third kappa shape index (κ3) is 5.02. The lowest BCUT2D eigenvalue weighted by atomic mass is 10.2. The summed E-state index contributed by atoms with van der Waals surface area (Å²) < 4.78 is 11.2. The highest BCUT2D eigenvalue weighted by atomic mass is 16.5. The average Bonchev–Trinajstić information content (AvgIpc) is 3.20. The van der Waals surface area contributed by atoms with Crippen LogP contribution < -0.4 is 14.9 Å². The van der Waals surface area contributed by atoms with Crippen molar-refractivity contribution in [2.75, 3.05) is 6.61 Å². The number of carbonyl (C=O) groups excluding carboxylic acids is 1. The first-order valence-electron chi connectivity index (χ1n) is 9.41. The van der Waals surface area contributed by atoms with E-state index in [1.807, 2.05) is 54.6 Å². The molecule has 2 N–H and O–H groups in total. The monoisotopic (exact) mass is 400 g/mol. The molecule has 0 unspecified atom stereocenters. The summed E-state index contributed by atoms with van der Waals surface area (Å²) in [5.41, 5.74) is 5.18. The maximum absolute atomic E-state index is 11.9. The zero-order chi connectivity index (χ0) is 20.6. The van der Waals surface area contributed by atoms with Crippen LogP contribution in [-0.2, 0) is 11.4 Å². The molecule has 7 heteroatoms. The number of aromatic nitrogens is 2. The van der Waals surface area contributed by atoms with Crippen molar-refractivity contribution in [3.05, 3.63) is 90.3 Å². The maximum atomic E-state index is 11.9. The number of benzene rings is 2. The van der Waals surface area contributed by atoms with Gasteiger partial charge >= 0.3 is 0 Å². The van der Waals surface area contributed by atoms with Gasteiger partial charge in [-0.2, -0.15) is 5.10 Å². The molecule has 0 saturated heterocycles. The highest BCUT2D eigenvalue weighted by Gasteiger charge is 2.06. The van der Waals surface area contributed by atoms with Gasteiger partial charge in [0.05, 0.1) is 17.9 Å². The second-order valence-corrected chi connectivity index (χ2v) is 6.48. The van der Waals surface area contributed by atoms with E-state index in [0.717, 1.165) is 22.0 Å². The number of nitrogens with one attached hydrogen (secondary N) is 2. The van der Waals surface area contributed by atoms with Gasteiger partial charge in [-0.1, -0.05) is 48.5 Å². The Hall–Kier alpha value is -4.13. The van der Waals surface area contributed by atoms with E-state index in [2.05, 4.69) is 20.5 Å². The SMILES string of the molecule is O=C(COc1ccccc1)NN=Cc1c[nH]c2cnc(OCc3ccccc3)cc12. The number of hydrogen-bond donors (Lipinski definition) is 2. The highest BCUT2D eigenvalue weighted by Crippen LogP contribution is 2.21. The van der Waals surface area contributed by atoms with Gasteiger partial charge in [-0.15, -0.1) is 0 Å². The van der Waals surface area contributed by atoms with Gasteiger partial charge < -0.3 is 14.5 Å². The molecule has 4 rings (SSSR count). The van der Waals surface area contributed by atoms with Crippen LogP contribution in [0.1, 0.15) is 11.1 Å². The molecular formula is C23H20N4O3. The quantitative estimate of drug-likeness (QED) is 0.349. The van der Waals surface area contributed by atoms with E-state index in [1.54, 1.807) is 30.7 Å². The van der Waals surface area contributed by atoms with Crippen molar-refractivity contribution in [2.45, 2.75) is 6.61 Å². The van der Waals surface area contributed by atoms with Crippen LogP contribution in [-0.4, -0.2) is 28.7 Å². The molecule has 1 amide bonds. The highest BCUT2D eigenvalue weighted by molar-refractivity contribution is 5.99. The first kappa shape index (κ1) is 19.2. The number of ether oxygens (including phenoxy) is 2. The van der Waals surface area contributed by atoms with Crippen LogP contribution in [0.5, 0.6) is 11.6 Å². The van der Waals surface area contributed by atoms with Crippen molar-refractivity contribution in [3.63, 3.8) is 0 Å². The molecule has 7 nitrogen and oxygen atoms in total. The number of carbonyl (C=O) groups is 1. The number of H-pyrrole nitrogens is 1. The summed E-state index contributed by atoms with van der Waals surface area (Å²) in [5, 5.41) is 4.91. The Morgan fingerprint density at radius 3 is 2.63 bits per heavy atom. The molecule has 0 bridgehead atoms. The second-order valence-electron chi connectivity index (χ2n) is 6.48. The Balaban J connectivity index is 1.35. The topological polar surface area (TPSA) is 88.6 Å². The molecule has 150 valence electrons. The molecule has 2 aromatic carbocycles. The number of hydrogen-bond acceptors (Lipinski definition) is 5. The van der Waals surface area contributed by atoms with Crippen LogP contribution >= 0.6 is 0 Å². The Kier molecular flexibility index (Phi) is 6.00. The molecule has 2 heterocycles. The van der Waals surface area contributed by atoms with Crippen LogP contribution in [0.2, 0.25) is 0 Å². The number of pyridine rings is 1. The smallest absolute Gasteiger partial charge is 0.277 e. The summed E-state index contributed by atoms with van der Waals surface area (Å²) in [5.74, 6) is 0.799. The summed E-state index contributed by atoms with van der Waals surface area (Å²) in [4.78, 5) is 19.3. The first-order valence-corrected chi connectivity index (χ1v) is 9.41. The van der Waals surface area contributed by atoms with E-state index in [0.29, 0.717) is 18.2 Å². The normalized spacial score (nSPS) is 10.9. The van der Waals surface area contributed by atoms with E-state index in [1.165, 1.54) is 0 Å². The van der Waals surface area contributed by atoms with Crippen LogP contribution in [0, 0.1) is 0 Å². The molecule has 0 aliphatic carbocycles.